The van der Waals surface area contributed by atoms with E-state index in [2.05, 4.69) is 10.1 Å². The maximum absolute atomic E-state index is 12.4. The summed E-state index contributed by atoms with van der Waals surface area (Å²) in [5.41, 5.74) is 1.00. The van der Waals surface area contributed by atoms with Crippen LogP contribution in [0.3, 0.4) is 0 Å². The predicted octanol–water partition coefficient (Wildman–Crippen LogP) is 2.00. The SMILES string of the molecule is OCc1cccnc1-c1ccnn1CC(F)(F)F. The highest BCUT2D eigenvalue weighted by Crippen LogP contribution is 2.24. The lowest BCUT2D eigenvalue weighted by Crippen LogP contribution is -2.19. The second kappa shape index (κ2) is 4.77. The fourth-order valence-electron chi connectivity index (χ4n) is 1.63. The van der Waals surface area contributed by atoms with E-state index in [1.807, 2.05) is 0 Å². The highest BCUT2D eigenvalue weighted by Gasteiger charge is 2.29. The first kappa shape index (κ1) is 12.6. The average molecular weight is 257 g/mol. The third-order valence-corrected chi connectivity index (χ3v) is 2.35. The zero-order chi connectivity index (χ0) is 13.2. The number of halogens is 3. The molecule has 0 fully saturated rings. The molecule has 2 aromatic rings. The van der Waals surface area contributed by atoms with Gasteiger partial charge in [0.05, 0.1) is 18.0 Å². The first-order valence-electron chi connectivity index (χ1n) is 5.15. The van der Waals surface area contributed by atoms with Gasteiger partial charge in [0.2, 0.25) is 0 Å². The second-order valence-electron chi connectivity index (χ2n) is 3.66. The summed E-state index contributed by atoms with van der Waals surface area (Å²) in [7, 11) is 0. The molecule has 0 aliphatic carbocycles. The first-order chi connectivity index (χ1) is 8.51. The van der Waals surface area contributed by atoms with Gasteiger partial charge >= 0.3 is 6.18 Å². The lowest BCUT2D eigenvalue weighted by molar-refractivity contribution is -0.142. The molecule has 0 amide bonds. The normalized spacial score (nSPS) is 11.8. The Morgan fingerprint density at radius 2 is 2.00 bits per heavy atom. The van der Waals surface area contributed by atoms with E-state index < -0.39 is 12.7 Å². The summed E-state index contributed by atoms with van der Waals surface area (Å²) in [5, 5.41) is 12.8. The number of hydrogen-bond acceptors (Lipinski definition) is 3. The van der Waals surface area contributed by atoms with Gasteiger partial charge in [-0.1, -0.05) is 6.07 Å². The molecule has 0 aliphatic heterocycles. The van der Waals surface area contributed by atoms with Gasteiger partial charge in [-0.05, 0) is 12.1 Å². The smallest absolute Gasteiger partial charge is 0.392 e. The summed E-state index contributed by atoms with van der Waals surface area (Å²) in [4.78, 5) is 3.99. The van der Waals surface area contributed by atoms with Gasteiger partial charge in [-0.3, -0.25) is 9.67 Å². The van der Waals surface area contributed by atoms with Crippen LogP contribution in [0, 0.1) is 0 Å². The van der Waals surface area contributed by atoms with Crippen LogP contribution in [0.15, 0.2) is 30.6 Å². The quantitative estimate of drug-likeness (QED) is 0.915. The minimum absolute atomic E-state index is 0.233. The Morgan fingerprint density at radius 3 is 2.67 bits per heavy atom. The third kappa shape index (κ3) is 2.67. The lowest BCUT2D eigenvalue weighted by atomic mass is 10.1. The highest BCUT2D eigenvalue weighted by atomic mass is 19.4. The van der Waals surface area contributed by atoms with Crippen LogP contribution in [0.2, 0.25) is 0 Å². The van der Waals surface area contributed by atoms with Crippen LogP contribution in [0.25, 0.3) is 11.4 Å². The molecule has 18 heavy (non-hydrogen) atoms. The zero-order valence-corrected chi connectivity index (χ0v) is 9.22. The molecule has 2 heterocycles. The molecule has 2 rings (SSSR count). The van der Waals surface area contributed by atoms with E-state index >= 15 is 0 Å². The fourth-order valence-corrected chi connectivity index (χ4v) is 1.63. The van der Waals surface area contributed by atoms with Gasteiger partial charge in [0.25, 0.3) is 0 Å². The number of rotatable bonds is 3. The van der Waals surface area contributed by atoms with Gasteiger partial charge < -0.3 is 5.11 Å². The summed E-state index contributed by atoms with van der Waals surface area (Å²) in [6, 6.07) is 4.65. The van der Waals surface area contributed by atoms with Crippen LogP contribution in [0.1, 0.15) is 5.56 Å². The molecule has 0 aromatic carbocycles. The Balaban J connectivity index is 2.42. The number of aliphatic hydroxyl groups excluding tert-OH is 1. The molecule has 0 radical (unpaired) electrons. The van der Waals surface area contributed by atoms with Crippen molar-refractivity contribution in [1.82, 2.24) is 14.8 Å². The molecule has 0 aliphatic rings. The van der Waals surface area contributed by atoms with Crippen molar-refractivity contribution in [1.29, 1.82) is 0 Å². The van der Waals surface area contributed by atoms with E-state index in [1.54, 1.807) is 12.1 Å². The van der Waals surface area contributed by atoms with Crippen molar-refractivity contribution in [3.05, 3.63) is 36.2 Å². The van der Waals surface area contributed by atoms with Gasteiger partial charge in [0.1, 0.15) is 6.54 Å². The molecular formula is C11H10F3N3O. The summed E-state index contributed by atoms with van der Waals surface area (Å²) in [6.07, 6.45) is -1.62. The second-order valence-corrected chi connectivity index (χ2v) is 3.66. The molecular weight excluding hydrogens is 247 g/mol. The number of pyridine rings is 1. The van der Waals surface area contributed by atoms with Gasteiger partial charge in [-0.2, -0.15) is 18.3 Å². The molecule has 0 atom stereocenters. The molecule has 1 N–H and O–H groups in total. The predicted molar refractivity (Wildman–Crippen MR) is 57.4 cm³/mol. The van der Waals surface area contributed by atoms with E-state index in [4.69, 9.17) is 5.11 Å². The van der Waals surface area contributed by atoms with Crippen LogP contribution in [-0.2, 0) is 13.2 Å². The highest BCUT2D eigenvalue weighted by molar-refractivity contribution is 5.58. The fraction of sp³-hybridized carbons (Fsp3) is 0.273. The molecule has 96 valence electrons. The largest absolute Gasteiger partial charge is 0.408 e. The topological polar surface area (TPSA) is 50.9 Å². The van der Waals surface area contributed by atoms with Crippen LogP contribution >= 0.6 is 0 Å². The molecule has 0 unspecified atom stereocenters. The minimum atomic E-state index is -4.35. The number of hydrogen-bond donors (Lipinski definition) is 1. The molecule has 7 heteroatoms. The molecule has 0 bridgehead atoms. The van der Waals surface area contributed by atoms with Crippen molar-refractivity contribution >= 4 is 0 Å². The first-order valence-corrected chi connectivity index (χ1v) is 5.15. The van der Waals surface area contributed by atoms with Crippen LogP contribution in [0.5, 0.6) is 0 Å². The Kier molecular flexibility index (Phi) is 3.33. The lowest BCUT2D eigenvalue weighted by Gasteiger charge is -2.11. The summed E-state index contributed by atoms with van der Waals surface area (Å²) >= 11 is 0. The Morgan fingerprint density at radius 1 is 1.22 bits per heavy atom. The Bertz CT molecular complexity index is 536. The van der Waals surface area contributed by atoms with E-state index in [9.17, 15) is 13.2 Å². The average Bonchev–Trinajstić information content (AvgIpc) is 2.74. The summed E-state index contributed by atoms with van der Waals surface area (Å²) < 4.78 is 37.9. The van der Waals surface area contributed by atoms with Gasteiger partial charge in [0, 0.05) is 18.0 Å². The monoisotopic (exact) mass is 257 g/mol. The molecule has 0 saturated carbocycles. The molecule has 0 saturated heterocycles. The van der Waals surface area contributed by atoms with Crippen molar-refractivity contribution in [2.45, 2.75) is 19.3 Å². The maximum Gasteiger partial charge on any atom is 0.408 e. The summed E-state index contributed by atoms with van der Waals surface area (Å²) in [6.45, 7) is -1.48. The zero-order valence-electron chi connectivity index (χ0n) is 9.22. The number of aliphatic hydroxyl groups is 1. The van der Waals surface area contributed by atoms with E-state index in [0.717, 1.165) is 4.68 Å². The van der Waals surface area contributed by atoms with Gasteiger partial charge in [0.15, 0.2) is 0 Å². The number of alkyl halides is 3. The number of nitrogens with zero attached hydrogens (tertiary/aromatic N) is 3. The van der Waals surface area contributed by atoms with E-state index in [-0.39, 0.29) is 12.3 Å². The van der Waals surface area contributed by atoms with Crippen molar-refractivity contribution in [2.24, 2.45) is 0 Å². The standard InChI is InChI=1S/C11H10F3N3O/c12-11(13,14)7-17-9(3-5-16-17)10-8(6-18)2-1-4-15-10/h1-5,18H,6-7H2. The Labute approximate surface area is 101 Å². The molecule has 4 nitrogen and oxygen atoms in total. The van der Waals surface area contributed by atoms with Gasteiger partial charge in [-0.15, -0.1) is 0 Å². The van der Waals surface area contributed by atoms with Crippen molar-refractivity contribution in [3.63, 3.8) is 0 Å². The minimum Gasteiger partial charge on any atom is -0.392 e. The molecule has 0 spiro atoms. The molecule has 2 aromatic heterocycles. The van der Waals surface area contributed by atoms with Crippen molar-refractivity contribution < 1.29 is 18.3 Å². The van der Waals surface area contributed by atoms with E-state index in [0.29, 0.717) is 11.3 Å². The number of aromatic nitrogens is 3. The van der Waals surface area contributed by atoms with Crippen LogP contribution < -0.4 is 0 Å². The van der Waals surface area contributed by atoms with Crippen LogP contribution in [-0.4, -0.2) is 26.0 Å². The van der Waals surface area contributed by atoms with Crippen molar-refractivity contribution in [3.8, 4) is 11.4 Å². The van der Waals surface area contributed by atoms with E-state index in [1.165, 1.54) is 18.5 Å². The maximum atomic E-state index is 12.4. The van der Waals surface area contributed by atoms with Gasteiger partial charge in [-0.25, -0.2) is 0 Å². The Hall–Kier alpha value is -1.89. The van der Waals surface area contributed by atoms with Crippen LogP contribution in [0.4, 0.5) is 13.2 Å². The van der Waals surface area contributed by atoms with Crippen molar-refractivity contribution in [2.75, 3.05) is 0 Å². The summed E-state index contributed by atoms with van der Waals surface area (Å²) in [5.74, 6) is 0. The third-order valence-electron chi connectivity index (χ3n) is 2.35.